The van der Waals surface area contributed by atoms with Gasteiger partial charge < -0.3 is 14.4 Å². The second-order valence-electron chi connectivity index (χ2n) is 4.00. The Morgan fingerprint density at radius 3 is 2.65 bits per heavy atom. The number of allylic oxidation sites excluding steroid dienone is 1. The lowest BCUT2D eigenvalue weighted by Gasteiger charge is -2.18. The van der Waals surface area contributed by atoms with Crippen molar-refractivity contribution in [1.29, 1.82) is 0 Å². The van der Waals surface area contributed by atoms with Crippen LogP contribution in [0.15, 0.2) is 30.5 Å². The quantitative estimate of drug-likeness (QED) is 0.588. The van der Waals surface area contributed by atoms with Crippen molar-refractivity contribution in [1.82, 2.24) is 4.90 Å². The fraction of sp³-hybridized carbons (Fsp3) is 0.308. The van der Waals surface area contributed by atoms with Crippen molar-refractivity contribution < 1.29 is 14.3 Å². The lowest BCUT2D eigenvalue weighted by Crippen LogP contribution is -2.15. The van der Waals surface area contributed by atoms with E-state index in [1.165, 1.54) is 6.08 Å². The summed E-state index contributed by atoms with van der Waals surface area (Å²) in [5, 5.41) is 0. The van der Waals surface area contributed by atoms with Crippen molar-refractivity contribution in [2.24, 2.45) is 0 Å². The maximum absolute atomic E-state index is 11.8. The minimum Gasteiger partial charge on any atom is -0.486 e. The molecule has 4 heteroatoms. The summed E-state index contributed by atoms with van der Waals surface area (Å²) >= 11 is 0. The summed E-state index contributed by atoms with van der Waals surface area (Å²) in [5.74, 6) is 1.29. The molecule has 0 N–H and O–H groups in total. The van der Waals surface area contributed by atoms with E-state index in [-0.39, 0.29) is 5.78 Å². The average molecular weight is 233 g/mol. The van der Waals surface area contributed by atoms with Gasteiger partial charge in [0.2, 0.25) is 0 Å². The Balaban J connectivity index is 2.19. The van der Waals surface area contributed by atoms with Crippen molar-refractivity contribution in [3.8, 4) is 11.5 Å². The molecule has 4 nitrogen and oxygen atoms in total. The summed E-state index contributed by atoms with van der Waals surface area (Å²) in [4.78, 5) is 13.6. The molecule has 0 unspecified atom stereocenters. The molecule has 1 heterocycles. The number of rotatable bonds is 3. The van der Waals surface area contributed by atoms with E-state index in [0.29, 0.717) is 30.3 Å². The summed E-state index contributed by atoms with van der Waals surface area (Å²) < 4.78 is 10.8. The highest BCUT2D eigenvalue weighted by Crippen LogP contribution is 2.30. The van der Waals surface area contributed by atoms with Crippen LogP contribution >= 0.6 is 0 Å². The molecule has 17 heavy (non-hydrogen) atoms. The Labute approximate surface area is 100 Å². The third-order valence-corrected chi connectivity index (χ3v) is 2.35. The van der Waals surface area contributed by atoms with Crippen molar-refractivity contribution in [2.45, 2.75) is 0 Å². The highest BCUT2D eigenvalue weighted by Gasteiger charge is 2.13. The second kappa shape index (κ2) is 4.91. The Kier molecular flexibility index (Phi) is 3.32. The van der Waals surface area contributed by atoms with Gasteiger partial charge in [-0.15, -0.1) is 0 Å². The maximum atomic E-state index is 11.8. The normalized spacial score (nSPS) is 13.8. The first-order valence-corrected chi connectivity index (χ1v) is 5.45. The van der Waals surface area contributed by atoms with Crippen molar-refractivity contribution in [3.05, 3.63) is 36.0 Å². The minimum atomic E-state index is -0.0457. The molecule has 0 aliphatic carbocycles. The molecule has 0 aromatic heterocycles. The number of hydrogen-bond donors (Lipinski definition) is 0. The van der Waals surface area contributed by atoms with Crippen LogP contribution in [0.1, 0.15) is 10.4 Å². The zero-order chi connectivity index (χ0) is 12.3. The zero-order valence-electron chi connectivity index (χ0n) is 9.97. The van der Waals surface area contributed by atoms with Gasteiger partial charge in [0.25, 0.3) is 0 Å². The van der Waals surface area contributed by atoms with Crippen molar-refractivity contribution >= 4 is 5.78 Å². The Bertz CT molecular complexity index is 452. The molecule has 90 valence electrons. The molecule has 0 saturated heterocycles. The number of fused-ring (bicyclic) bond motifs is 1. The van der Waals surface area contributed by atoms with Gasteiger partial charge in [0.1, 0.15) is 13.2 Å². The van der Waals surface area contributed by atoms with E-state index >= 15 is 0 Å². The number of carbonyl (C=O) groups excluding carboxylic acids is 1. The Hall–Kier alpha value is -1.97. The van der Waals surface area contributed by atoms with E-state index in [1.54, 1.807) is 24.4 Å². The molecule has 1 aliphatic rings. The fourth-order valence-electron chi connectivity index (χ4n) is 1.51. The van der Waals surface area contributed by atoms with Gasteiger partial charge >= 0.3 is 0 Å². The third kappa shape index (κ3) is 2.78. The van der Waals surface area contributed by atoms with Crippen LogP contribution in [0.2, 0.25) is 0 Å². The molecule has 2 rings (SSSR count). The lowest BCUT2D eigenvalue weighted by molar-refractivity contribution is 0.104. The molecular formula is C13H15NO3. The number of nitrogens with zero attached hydrogens (tertiary/aromatic N) is 1. The van der Waals surface area contributed by atoms with Crippen LogP contribution in [0.25, 0.3) is 0 Å². The van der Waals surface area contributed by atoms with Crippen LogP contribution in [0.4, 0.5) is 0 Å². The predicted octanol–water partition coefficient (Wildman–Crippen LogP) is 1.72. The van der Waals surface area contributed by atoms with Gasteiger partial charge in [-0.1, -0.05) is 0 Å². The third-order valence-electron chi connectivity index (χ3n) is 2.35. The van der Waals surface area contributed by atoms with Gasteiger partial charge in [0.15, 0.2) is 17.3 Å². The number of ketones is 1. The summed E-state index contributed by atoms with van der Waals surface area (Å²) in [5.41, 5.74) is 0.604. The molecule has 0 spiro atoms. The second-order valence-corrected chi connectivity index (χ2v) is 4.00. The monoisotopic (exact) mass is 233 g/mol. The predicted molar refractivity (Wildman–Crippen MR) is 64.6 cm³/mol. The minimum absolute atomic E-state index is 0.0457. The van der Waals surface area contributed by atoms with E-state index < -0.39 is 0 Å². The van der Waals surface area contributed by atoms with Crippen LogP contribution in [0, 0.1) is 0 Å². The molecule has 0 saturated carbocycles. The van der Waals surface area contributed by atoms with Gasteiger partial charge in [-0.3, -0.25) is 4.79 Å². The number of hydrogen-bond acceptors (Lipinski definition) is 4. The summed E-state index contributed by atoms with van der Waals surface area (Å²) in [6.45, 7) is 1.08. The largest absolute Gasteiger partial charge is 0.486 e. The molecule has 0 fully saturated rings. The van der Waals surface area contributed by atoms with Crippen molar-refractivity contribution in [3.63, 3.8) is 0 Å². The Morgan fingerprint density at radius 2 is 1.94 bits per heavy atom. The fourth-order valence-corrected chi connectivity index (χ4v) is 1.51. The SMILES string of the molecule is CN(C)C=CC(=O)c1ccc2c(c1)OCCO2. The molecule has 1 aliphatic heterocycles. The first-order valence-electron chi connectivity index (χ1n) is 5.45. The van der Waals surface area contributed by atoms with Gasteiger partial charge in [-0.25, -0.2) is 0 Å². The molecule has 1 aromatic carbocycles. The highest BCUT2D eigenvalue weighted by molar-refractivity contribution is 6.04. The van der Waals surface area contributed by atoms with E-state index in [1.807, 2.05) is 19.0 Å². The standard InChI is InChI=1S/C13H15NO3/c1-14(2)6-5-11(15)10-3-4-12-13(9-10)17-8-7-16-12/h3-6,9H,7-8H2,1-2H3. The molecule has 0 bridgehead atoms. The van der Waals surface area contributed by atoms with E-state index in [2.05, 4.69) is 0 Å². The van der Waals surface area contributed by atoms with Crippen LogP contribution in [-0.2, 0) is 0 Å². The first-order chi connectivity index (χ1) is 8.16. The molecular weight excluding hydrogens is 218 g/mol. The number of ether oxygens (including phenoxy) is 2. The van der Waals surface area contributed by atoms with Crippen LogP contribution < -0.4 is 9.47 Å². The lowest BCUT2D eigenvalue weighted by atomic mass is 10.1. The van der Waals surface area contributed by atoms with Crippen LogP contribution in [-0.4, -0.2) is 38.0 Å². The van der Waals surface area contributed by atoms with Crippen LogP contribution in [0.5, 0.6) is 11.5 Å². The van der Waals surface area contributed by atoms with Gasteiger partial charge in [-0.2, -0.15) is 0 Å². The molecule has 0 atom stereocenters. The molecule has 0 radical (unpaired) electrons. The smallest absolute Gasteiger partial charge is 0.187 e. The highest BCUT2D eigenvalue weighted by atomic mass is 16.6. The number of benzene rings is 1. The maximum Gasteiger partial charge on any atom is 0.187 e. The van der Waals surface area contributed by atoms with Crippen LogP contribution in [0.3, 0.4) is 0 Å². The van der Waals surface area contributed by atoms with Gasteiger partial charge in [0.05, 0.1) is 0 Å². The van der Waals surface area contributed by atoms with E-state index in [4.69, 9.17) is 9.47 Å². The zero-order valence-corrected chi connectivity index (χ0v) is 9.97. The van der Waals surface area contributed by atoms with Gasteiger partial charge in [0, 0.05) is 31.9 Å². The summed E-state index contributed by atoms with van der Waals surface area (Å²) in [6.07, 6.45) is 3.25. The average Bonchev–Trinajstić information content (AvgIpc) is 2.35. The van der Waals surface area contributed by atoms with E-state index in [0.717, 1.165) is 0 Å². The first kappa shape index (κ1) is 11.5. The molecule has 1 aromatic rings. The summed E-state index contributed by atoms with van der Waals surface area (Å²) in [7, 11) is 3.74. The topological polar surface area (TPSA) is 38.8 Å². The summed E-state index contributed by atoms with van der Waals surface area (Å²) in [6, 6.07) is 5.23. The van der Waals surface area contributed by atoms with Crippen molar-refractivity contribution in [2.75, 3.05) is 27.3 Å². The Morgan fingerprint density at radius 1 is 1.24 bits per heavy atom. The molecule has 0 amide bonds. The van der Waals surface area contributed by atoms with E-state index in [9.17, 15) is 4.79 Å². The van der Waals surface area contributed by atoms with Gasteiger partial charge in [-0.05, 0) is 18.2 Å². The number of carbonyl (C=O) groups is 1.